The minimum absolute atomic E-state index is 0.00684. The van der Waals surface area contributed by atoms with Crippen LogP contribution in [0.4, 0.5) is 5.13 Å². The molecule has 2 amide bonds. The number of thiazole rings is 1. The zero-order chi connectivity index (χ0) is 59.3. The van der Waals surface area contributed by atoms with Gasteiger partial charge in [-0.2, -0.15) is 0 Å². The van der Waals surface area contributed by atoms with Crippen LogP contribution in [0.5, 0.6) is 0 Å². The fraction of sp³-hybridized carbons (Fsp3) is 0.0857. The van der Waals surface area contributed by atoms with Gasteiger partial charge in [0.25, 0.3) is 11.8 Å². The number of benzene rings is 8. The van der Waals surface area contributed by atoms with Gasteiger partial charge in [0.05, 0.1) is 0 Å². The van der Waals surface area contributed by atoms with Gasteiger partial charge in [-0.25, -0.2) is 15.0 Å². The van der Waals surface area contributed by atoms with Crippen LogP contribution < -0.4 is 16.1 Å². The van der Waals surface area contributed by atoms with Gasteiger partial charge in [0, 0.05) is 51.4 Å². The first-order chi connectivity index (χ1) is 42.7. The number of nitrogens with zero attached hydrogens (tertiary/aromatic N) is 5. The lowest BCUT2D eigenvalue weighted by Crippen LogP contribution is -2.71. The Balaban J connectivity index is 0.923. The lowest BCUT2D eigenvalue weighted by atomic mass is 9.77. The number of rotatable bonds is 18. The number of β-lactam (4-membered cyclic amide) rings is 1. The van der Waals surface area contributed by atoms with Crippen molar-refractivity contribution in [2.45, 2.75) is 28.7 Å². The molecule has 12 nitrogen and oxygen atoms in total. The number of amides is 2. The molecule has 1 fully saturated rings. The molecule has 2 aliphatic heterocycles. The number of hydrogen-bond acceptors (Lipinski definition) is 14. The average Bonchev–Trinajstić information content (AvgIpc) is 1.09. The lowest BCUT2D eigenvalue weighted by molar-refractivity contribution is -0.144. The number of anilines is 1. The fourth-order valence-corrected chi connectivity index (χ4v) is 15.1. The molecule has 5 heterocycles. The Morgan fingerprint density at radius 2 is 1.09 bits per heavy atom. The maximum Gasteiger partial charge on any atom is 0.276 e. The molecule has 0 aliphatic carbocycles. The number of thioether (sulfide) groups is 1. The van der Waals surface area contributed by atoms with E-state index in [0.29, 0.717) is 26.1 Å². The standard InChI is InChI=1S/C70H50ClN7O5S4/c71-62-57(75-68(87-62)76-69(47-29-13-3-14-30-47,48-31-15-4-16-32-48)49-33-17-5-18-34-49)58(77-83-70(50-35-19-6-20-36-50,51-37-21-7-22-38-51)52-39-23-8-24-40-52)63(80)74-59-65(81)78-60(67(84)82-61(45-25-9-1-10-26-45)46-27-11-2-12-28-46)53(44-85-66(59)78)55-43-54(79)56-64(86-55)73-42-41-72-56/h1-43,59,61,66H,44H2,(H,74,80)(H,75,76)/t59?,66-/m1/s1. The molecule has 11 aromatic rings. The molecular weight excluding hydrogens is 1180 g/mol. The molecule has 2 N–H and O–H groups in total. The number of aromatic nitrogens is 3. The van der Waals surface area contributed by atoms with Crippen LogP contribution in [0.3, 0.4) is 0 Å². The highest BCUT2D eigenvalue weighted by Gasteiger charge is 2.55. The molecule has 426 valence electrons. The second kappa shape index (κ2) is 24.9. The predicted molar refractivity (Wildman–Crippen MR) is 351 cm³/mol. The number of ether oxygens (including phenoxy) is 1. The van der Waals surface area contributed by atoms with Crippen LogP contribution >= 0.6 is 58.3 Å². The molecule has 0 saturated carbocycles. The second-order valence-electron chi connectivity index (χ2n) is 20.4. The molecule has 1 unspecified atom stereocenters. The van der Waals surface area contributed by atoms with Gasteiger partial charge in [-0.15, -0.1) is 23.1 Å². The molecule has 0 radical (unpaired) electrons. The Bertz CT molecular complexity index is 4190. The first kappa shape index (κ1) is 56.7. The third-order valence-corrected chi connectivity index (χ3v) is 19.1. The van der Waals surface area contributed by atoms with Crippen molar-refractivity contribution in [1.82, 2.24) is 25.2 Å². The van der Waals surface area contributed by atoms with Gasteiger partial charge < -0.3 is 20.2 Å². The van der Waals surface area contributed by atoms with Gasteiger partial charge in [-0.1, -0.05) is 271 Å². The van der Waals surface area contributed by atoms with E-state index in [1.807, 2.05) is 206 Å². The van der Waals surface area contributed by atoms with Crippen LogP contribution in [-0.4, -0.2) is 59.6 Å². The molecule has 13 rings (SSSR count). The Morgan fingerprint density at radius 3 is 1.59 bits per heavy atom. The summed E-state index contributed by atoms with van der Waals surface area (Å²) in [7, 11) is 0. The van der Waals surface area contributed by atoms with E-state index < -0.39 is 40.5 Å². The molecular formula is C70H50ClN7O5S4. The van der Waals surface area contributed by atoms with E-state index in [9.17, 15) is 4.79 Å². The van der Waals surface area contributed by atoms with E-state index >= 15 is 9.59 Å². The van der Waals surface area contributed by atoms with E-state index in [1.54, 1.807) is 4.90 Å². The topological polar surface area (TPSA) is 148 Å². The van der Waals surface area contributed by atoms with Crippen LogP contribution in [0, 0.1) is 0 Å². The molecule has 17 heteroatoms. The number of carbonyl (C=O) groups is 2. The van der Waals surface area contributed by atoms with Crippen molar-refractivity contribution < 1.29 is 19.2 Å². The number of halogens is 1. The van der Waals surface area contributed by atoms with Crippen molar-refractivity contribution in [2.24, 2.45) is 5.16 Å². The molecule has 0 bridgehead atoms. The van der Waals surface area contributed by atoms with E-state index in [-0.39, 0.29) is 37.5 Å². The van der Waals surface area contributed by atoms with Crippen molar-refractivity contribution in [3.05, 3.63) is 336 Å². The van der Waals surface area contributed by atoms with Gasteiger partial charge in [0.1, 0.15) is 49.1 Å². The van der Waals surface area contributed by atoms with Crippen LogP contribution in [0.1, 0.15) is 61.2 Å². The number of fused-ring (bicyclic) bond motifs is 2. The van der Waals surface area contributed by atoms with Gasteiger partial charge in [0.15, 0.2) is 10.8 Å². The normalized spacial score (nSPS) is 15.1. The lowest BCUT2D eigenvalue weighted by Gasteiger charge is -2.50. The van der Waals surface area contributed by atoms with Crippen molar-refractivity contribution in [2.75, 3.05) is 11.1 Å². The van der Waals surface area contributed by atoms with E-state index in [2.05, 4.69) is 57.0 Å². The van der Waals surface area contributed by atoms with E-state index in [4.69, 9.17) is 43.5 Å². The molecule has 2 atom stereocenters. The summed E-state index contributed by atoms with van der Waals surface area (Å²) in [6, 6.07) is 78.9. The first-order valence-electron chi connectivity index (χ1n) is 27.8. The smallest absolute Gasteiger partial charge is 0.276 e. The number of hydrogen-bond donors (Lipinski definition) is 2. The van der Waals surface area contributed by atoms with Gasteiger partial charge in [-0.05, 0) is 40.0 Å². The van der Waals surface area contributed by atoms with Gasteiger partial charge in [-0.3, -0.25) is 19.3 Å². The molecule has 3 aromatic heterocycles. The van der Waals surface area contributed by atoms with E-state index in [1.165, 1.54) is 41.6 Å². The van der Waals surface area contributed by atoms with Gasteiger partial charge in [0.2, 0.25) is 16.1 Å². The second-order valence-corrected chi connectivity index (χ2v) is 24.5. The summed E-state index contributed by atoms with van der Waals surface area (Å²) in [5.41, 5.74) is 4.62. The molecule has 0 spiro atoms. The summed E-state index contributed by atoms with van der Waals surface area (Å²) < 4.78 is 7.00. The maximum atomic E-state index is 15.8. The summed E-state index contributed by atoms with van der Waals surface area (Å²) in [6.07, 6.45) is 2.33. The van der Waals surface area contributed by atoms with Crippen LogP contribution in [0.15, 0.2) is 277 Å². The van der Waals surface area contributed by atoms with Crippen molar-refractivity contribution in [3.8, 4) is 0 Å². The average molecular weight is 1230 g/mol. The highest BCUT2D eigenvalue weighted by atomic mass is 35.5. The number of carbonyl (C=O) groups excluding carboxylic acids is 2. The van der Waals surface area contributed by atoms with E-state index in [0.717, 1.165) is 55.8 Å². The zero-order valence-corrected chi connectivity index (χ0v) is 50.1. The Labute approximate surface area is 523 Å². The summed E-state index contributed by atoms with van der Waals surface area (Å²) in [4.78, 5) is 68.4. The highest BCUT2D eigenvalue weighted by Crippen LogP contribution is 2.47. The first-order valence-corrected chi connectivity index (χ1v) is 31.3. The van der Waals surface area contributed by atoms with Crippen molar-refractivity contribution in [3.63, 3.8) is 0 Å². The molecule has 87 heavy (non-hydrogen) atoms. The third-order valence-electron chi connectivity index (χ3n) is 15.3. The molecule has 1 saturated heterocycles. The van der Waals surface area contributed by atoms with Crippen LogP contribution in [-0.2, 0) is 30.3 Å². The van der Waals surface area contributed by atoms with Crippen LogP contribution in [0.25, 0.3) is 15.9 Å². The zero-order valence-electron chi connectivity index (χ0n) is 46.1. The molecule has 2 aliphatic rings. The summed E-state index contributed by atoms with van der Waals surface area (Å²) in [6.45, 7) is 0. The van der Waals surface area contributed by atoms with Crippen molar-refractivity contribution in [1.29, 1.82) is 0 Å². The Kier molecular flexibility index (Phi) is 16.2. The summed E-state index contributed by atoms with van der Waals surface area (Å²) >= 11 is 17.6. The number of thiocarbonyl (C=S) groups is 1. The van der Waals surface area contributed by atoms with Crippen molar-refractivity contribution >= 4 is 102 Å². The fourth-order valence-electron chi connectivity index (χ4n) is 11.2. The number of nitrogens with one attached hydrogen (secondary N) is 2. The number of oxime groups is 1. The minimum atomic E-state index is -1.44. The Hall–Kier alpha value is -9.42. The maximum absolute atomic E-state index is 15.8. The Morgan fingerprint density at radius 1 is 0.632 bits per heavy atom. The SMILES string of the molecule is O=C(NC1C(=O)N2C(C(=S)OC(c3ccccc3)c3ccccc3)=C(c3cc(=O)c4nccnc4s3)CS[C@H]12)C(=NOC(c1ccccc1)(c1ccccc1)c1ccccc1)c1nc(NC(c2ccccc2)(c2ccccc2)c2ccccc2)sc1Cl. The predicted octanol–water partition coefficient (Wildman–Crippen LogP) is 14.2. The minimum Gasteiger partial charge on any atom is -0.469 e. The largest absolute Gasteiger partial charge is 0.469 e. The highest BCUT2D eigenvalue weighted by molar-refractivity contribution is 8.00. The summed E-state index contributed by atoms with van der Waals surface area (Å²) in [5, 5.41) is 11.5. The van der Waals surface area contributed by atoms with Crippen LogP contribution in [0.2, 0.25) is 4.34 Å². The third kappa shape index (κ3) is 10.9. The monoisotopic (exact) mass is 1230 g/mol. The summed E-state index contributed by atoms with van der Waals surface area (Å²) in [5.74, 6) is -1.01. The quantitative estimate of drug-likeness (QED) is 0.0278. The molecule has 8 aromatic carbocycles. The van der Waals surface area contributed by atoms with Gasteiger partial charge >= 0.3 is 0 Å².